The van der Waals surface area contributed by atoms with Gasteiger partial charge in [-0.05, 0) is 35.9 Å². The molecule has 0 fully saturated rings. The van der Waals surface area contributed by atoms with Crippen LogP contribution in [-0.4, -0.2) is 17.2 Å². The number of nitriles is 1. The molecule has 2 aromatic carbocycles. The lowest BCUT2D eigenvalue weighted by Gasteiger charge is -2.15. The first-order valence-electron chi connectivity index (χ1n) is 6.22. The molecule has 21 heavy (non-hydrogen) atoms. The fraction of sp³-hybridized carbons (Fsp3) is 0.125. The molecule has 0 spiro atoms. The molecule has 4 nitrogen and oxygen atoms in total. The van der Waals surface area contributed by atoms with Crippen LogP contribution in [0.25, 0.3) is 0 Å². The molecule has 1 N–H and O–H groups in total. The van der Waals surface area contributed by atoms with Crippen molar-refractivity contribution in [2.75, 3.05) is 0 Å². The molecule has 1 unspecified atom stereocenters. The number of carbonyl (C=O) groups is 1. The topological polar surface area (TPSA) is 70.3 Å². The van der Waals surface area contributed by atoms with Crippen molar-refractivity contribution in [3.8, 4) is 11.8 Å². The average Bonchev–Trinajstić information content (AvgIpc) is 2.47. The van der Waals surface area contributed by atoms with Crippen molar-refractivity contribution in [1.82, 2.24) is 0 Å². The van der Waals surface area contributed by atoms with Gasteiger partial charge in [0.25, 0.3) is 0 Å². The maximum absolute atomic E-state index is 13.1. The van der Waals surface area contributed by atoms with Crippen molar-refractivity contribution in [3.05, 3.63) is 65.5 Å². The molecule has 0 amide bonds. The number of hydrogen-bond acceptors (Lipinski definition) is 3. The van der Waals surface area contributed by atoms with Gasteiger partial charge in [0, 0.05) is 6.42 Å². The molecule has 5 heteroatoms. The van der Waals surface area contributed by atoms with Crippen LogP contribution in [-0.2, 0) is 11.2 Å². The zero-order chi connectivity index (χ0) is 15.2. The van der Waals surface area contributed by atoms with Gasteiger partial charge in [-0.25, -0.2) is 9.18 Å². The van der Waals surface area contributed by atoms with Crippen LogP contribution in [0.1, 0.15) is 11.1 Å². The van der Waals surface area contributed by atoms with Gasteiger partial charge in [0.15, 0.2) is 6.10 Å². The van der Waals surface area contributed by atoms with Crippen LogP contribution < -0.4 is 4.74 Å². The molecule has 0 saturated heterocycles. The number of ether oxygens (including phenoxy) is 1. The van der Waals surface area contributed by atoms with Crippen molar-refractivity contribution in [2.24, 2.45) is 0 Å². The summed E-state index contributed by atoms with van der Waals surface area (Å²) in [4.78, 5) is 11.3. The van der Waals surface area contributed by atoms with Gasteiger partial charge < -0.3 is 9.84 Å². The number of carboxylic acids is 1. The van der Waals surface area contributed by atoms with E-state index in [4.69, 9.17) is 10.00 Å². The predicted octanol–water partition coefficient (Wildman–Crippen LogP) is 2.77. The molecule has 2 aromatic rings. The monoisotopic (exact) mass is 285 g/mol. The summed E-state index contributed by atoms with van der Waals surface area (Å²) in [5.41, 5.74) is 0.904. The normalized spacial score (nSPS) is 11.4. The van der Waals surface area contributed by atoms with E-state index < -0.39 is 17.9 Å². The highest BCUT2D eigenvalue weighted by molar-refractivity contribution is 5.73. The van der Waals surface area contributed by atoms with Crippen molar-refractivity contribution >= 4 is 5.97 Å². The largest absolute Gasteiger partial charge is 0.478 e. The Hall–Kier alpha value is -2.87. The van der Waals surface area contributed by atoms with E-state index in [1.807, 2.05) is 6.07 Å². The molecule has 106 valence electrons. The summed E-state index contributed by atoms with van der Waals surface area (Å²) in [7, 11) is 0. The highest BCUT2D eigenvalue weighted by atomic mass is 19.1. The molecular formula is C16H12FNO3. The first kappa shape index (κ1) is 14.5. The van der Waals surface area contributed by atoms with E-state index in [1.54, 1.807) is 24.3 Å². The lowest BCUT2D eigenvalue weighted by atomic mass is 10.1. The molecule has 0 aromatic heterocycles. The van der Waals surface area contributed by atoms with Gasteiger partial charge >= 0.3 is 5.97 Å². The van der Waals surface area contributed by atoms with Crippen molar-refractivity contribution in [2.45, 2.75) is 12.5 Å². The second-order valence-corrected chi connectivity index (χ2v) is 4.42. The molecule has 1 atom stereocenters. The first-order valence-corrected chi connectivity index (χ1v) is 6.22. The van der Waals surface area contributed by atoms with Crippen molar-refractivity contribution in [3.63, 3.8) is 0 Å². The van der Waals surface area contributed by atoms with E-state index >= 15 is 0 Å². The Morgan fingerprint density at radius 3 is 2.71 bits per heavy atom. The standard InChI is InChI=1S/C16H12FNO3/c17-13-5-1-3-11(7-13)9-15(16(19)20)21-14-6-2-4-12(8-14)10-18/h1-8,15H,9H2,(H,19,20). The lowest BCUT2D eigenvalue weighted by molar-refractivity contribution is -0.145. The summed E-state index contributed by atoms with van der Waals surface area (Å²) in [6.07, 6.45) is -1.12. The third-order valence-electron chi connectivity index (χ3n) is 2.83. The van der Waals surface area contributed by atoms with Crippen LogP contribution >= 0.6 is 0 Å². The summed E-state index contributed by atoms with van der Waals surface area (Å²) >= 11 is 0. The number of aliphatic carboxylic acids is 1. The van der Waals surface area contributed by atoms with Gasteiger partial charge in [-0.1, -0.05) is 18.2 Å². The van der Waals surface area contributed by atoms with Gasteiger partial charge in [0.05, 0.1) is 11.6 Å². The smallest absolute Gasteiger partial charge is 0.345 e. The van der Waals surface area contributed by atoms with Crippen LogP contribution in [0.15, 0.2) is 48.5 Å². The van der Waals surface area contributed by atoms with E-state index in [9.17, 15) is 14.3 Å². The molecule has 0 bridgehead atoms. The number of benzene rings is 2. The summed E-state index contributed by atoms with van der Waals surface area (Å²) in [6, 6.07) is 13.9. The average molecular weight is 285 g/mol. The number of halogens is 1. The maximum atomic E-state index is 13.1. The SMILES string of the molecule is N#Cc1cccc(OC(Cc2cccc(F)c2)C(=O)O)c1. The predicted molar refractivity (Wildman–Crippen MR) is 73.3 cm³/mol. The Bertz CT molecular complexity index is 694. The molecule has 2 rings (SSSR count). The van der Waals surface area contributed by atoms with E-state index in [0.29, 0.717) is 11.1 Å². The molecular weight excluding hydrogens is 273 g/mol. The molecule has 0 aliphatic carbocycles. The Balaban J connectivity index is 2.16. The third kappa shape index (κ3) is 4.05. The third-order valence-corrected chi connectivity index (χ3v) is 2.83. The lowest BCUT2D eigenvalue weighted by Crippen LogP contribution is -2.29. The van der Waals surface area contributed by atoms with Crippen LogP contribution in [0, 0.1) is 17.1 Å². The quantitative estimate of drug-likeness (QED) is 0.917. The van der Waals surface area contributed by atoms with Crippen LogP contribution in [0.4, 0.5) is 4.39 Å². The van der Waals surface area contributed by atoms with Gasteiger partial charge in [-0.2, -0.15) is 5.26 Å². The minimum absolute atomic E-state index is 0.0316. The van der Waals surface area contributed by atoms with Gasteiger partial charge in [0.1, 0.15) is 11.6 Å². The van der Waals surface area contributed by atoms with Crippen LogP contribution in [0.5, 0.6) is 5.75 Å². The fourth-order valence-corrected chi connectivity index (χ4v) is 1.86. The number of rotatable bonds is 5. The second kappa shape index (κ2) is 6.53. The van der Waals surface area contributed by atoms with E-state index in [0.717, 1.165) is 0 Å². The van der Waals surface area contributed by atoms with Crippen LogP contribution in [0.3, 0.4) is 0 Å². The zero-order valence-corrected chi connectivity index (χ0v) is 11.0. The molecule has 0 radical (unpaired) electrons. The highest BCUT2D eigenvalue weighted by Crippen LogP contribution is 2.17. The Morgan fingerprint density at radius 2 is 2.05 bits per heavy atom. The Morgan fingerprint density at radius 1 is 1.29 bits per heavy atom. The van der Waals surface area contributed by atoms with Crippen molar-refractivity contribution in [1.29, 1.82) is 5.26 Å². The zero-order valence-electron chi connectivity index (χ0n) is 11.0. The minimum atomic E-state index is -1.15. The molecule has 0 heterocycles. The fourth-order valence-electron chi connectivity index (χ4n) is 1.86. The summed E-state index contributed by atoms with van der Waals surface area (Å²) in [5.74, 6) is -1.29. The van der Waals surface area contributed by atoms with Crippen LogP contribution in [0.2, 0.25) is 0 Å². The number of nitrogens with zero attached hydrogens (tertiary/aromatic N) is 1. The second-order valence-electron chi connectivity index (χ2n) is 4.42. The summed E-state index contributed by atoms with van der Waals surface area (Å²) < 4.78 is 18.5. The van der Waals surface area contributed by atoms with Gasteiger partial charge in [-0.15, -0.1) is 0 Å². The molecule has 0 aliphatic heterocycles. The van der Waals surface area contributed by atoms with E-state index in [2.05, 4.69) is 0 Å². The minimum Gasteiger partial charge on any atom is -0.478 e. The van der Waals surface area contributed by atoms with Gasteiger partial charge in [0.2, 0.25) is 0 Å². The Kier molecular flexibility index (Phi) is 4.52. The molecule has 0 aliphatic rings. The van der Waals surface area contributed by atoms with Crippen molar-refractivity contribution < 1.29 is 19.0 Å². The van der Waals surface area contributed by atoms with Gasteiger partial charge in [-0.3, -0.25) is 0 Å². The number of hydrogen-bond donors (Lipinski definition) is 1. The summed E-state index contributed by atoms with van der Waals surface area (Å²) in [5, 5.41) is 18.0. The maximum Gasteiger partial charge on any atom is 0.345 e. The van der Waals surface area contributed by atoms with E-state index in [1.165, 1.54) is 24.3 Å². The Labute approximate surface area is 121 Å². The van der Waals surface area contributed by atoms with E-state index in [-0.39, 0.29) is 12.2 Å². The first-order chi connectivity index (χ1) is 10.1. The summed E-state index contributed by atoms with van der Waals surface area (Å²) in [6.45, 7) is 0. The molecule has 0 saturated carbocycles. The highest BCUT2D eigenvalue weighted by Gasteiger charge is 2.20. The number of carboxylic acid groups (broad SMARTS) is 1.